The second kappa shape index (κ2) is 6.20. The van der Waals surface area contributed by atoms with Crippen LogP contribution in [-0.4, -0.2) is 33.9 Å². The number of benzene rings is 1. The highest BCUT2D eigenvalue weighted by Gasteiger charge is 2.17. The van der Waals surface area contributed by atoms with Gasteiger partial charge in [0.05, 0.1) is 17.5 Å². The summed E-state index contributed by atoms with van der Waals surface area (Å²) in [6.45, 7) is 5.15. The fourth-order valence-corrected chi connectivity index (χ4v) is 2.93. The van der Waals surface area contributed by atoms with E-state index in [-0.39, 0.29) is 5.78 Å². The Morgan fingerprint density at radius 3 is 2.84 bits per heavy atom. The highest BCUT2D eigenvalue weighted by Crippen LogP contribution is 2.34. The number of rotatable bonds is 4. The summed E-state index contributed by atoms with van der Waals surface area (Å²) in [6.07, 6.45) is 3.88. The lowest BCUT2D eigenvalue weighted by atomic mass is 10.0. The molecule has 1 aliphatic heterocycles. The topological polar surface area (TPSA) is 77.1 Å². The summed E-state index contributed by atoms with van der Waals surface area (Å²) in [5.41, 5.74) is 3.40. The van der Waals surface area contributed by atoms with Crippen LogP contribution >= 0.6 is 0 Å². The first-order valence-electron chi connectivity index (χ1n) is 8.39. The summed E-state index contributed by atoms with van der Waals surface area (Å²) in [5, 5.41) is 0. The predicted octanol–water partition coefficient (Wildman–Crippen LogP) is 3.62. The molecule has 1 aliphatic rings. The third-order valence-corrected chi connectivity index (χ3v) is 4.11. The third-order valence-electron chi connectivity index (χ3n) is 4.11. The molecule has 3 aromatic rings. The number of hydrogen-bond acceptors (Lipinski definition) is 5. The number of ether oxygens (including phenoxy) is 2. The minimum atomic E-state index is 0.0786. The van der Waals surface area contributed by atoms with Crippen LogP contribution in [0.1, 0.15) is 30.6 Å². The molecule has 6 nitrogen and oxygen atoms in total. The molecular weight excluding hydrogens is 318 g/mol. The first kappa shape index (κ1) is 15.6. The number of carbonyl (C=O) groups is 1. The summed E-state index contributed by atoms with van der Waals surface area (Å²) in [5.74, 6) is 1.82. The van der Waals surface area contributed by atoms with Crippen LogP contribution in [0, 0.1) is 5.92 Å². The summed E-state index contributed by atoms with van der Waals surface area (Å²) in [6, 6.07) is 5.69. The quantitative estimate of drug-likeness (QED) is 0.736. The van der Waals surface area contributed by atoms with E-state index >= 15 is 0 Å². The van der Waals surface area contributed by atoms with Gasteiger partial charge in [-0.3, -0.25) is 4.79 Å². The number of fused-ring (bicyclic) bond motifs is 2. The van der Waals surface area contributed by atoms with Crippen LogP contribution in [0.25, 0.3) is 22.4 Å². The van der Waals surface area contributed by atoms with Crippen LogP contribution in [0.15, 0.2) is 30.6 Å². The Labute approximate surface area is 145 Å². The number of ketones is 1. The van der Waals surface area contributed by atoms with Crippen molar-refractivity contribution in [2.24, 2.45) is 5.92 Å². The molecule has 2 aromatic heterocycles. The zero-order valence-electron chi connectivity index (χ0n) is 14.2. The number of carbonyl (C=O) groups excluding carboxylic acids is 1. The Balaban J connectivity index is 1.74. The van der Waals surface area contributed by atoms with Gasteiger partial charge in [-0.15, -0.1) is 0 Å². The van der Waals surface area contributed by atoms with E-state index in [0.717, 1.165) is 11.3 Å². The van der Waals surface area contributed by atoms with Gasteiger partial charge in [0.1, 0.15) is 18.7 Å². The molecule has 128 valence electrons. The van der Waals surface area contributed by atoms with Crippen molar-refractivity contribution in [2.75, 3.05) is 13.2 Å². The number of aromatic amines is 1. The first-order chi connectivity index (χ1) is 12.1. The molecule has 1 aromatic carbocycles. The Morgan fingerprint density at radius 1 is 1.24 bits per heavy atom. The lowest BCUT2D eigenvalue weighted by molar-refractivity contribution is 0.0969. The average Bonchev–Trinajstić information content (AvgIpc) is 3.04. The average molecular weight is 337 g/mol. The minimum absolute atomic E-state index is 0.0786. The highest BCUT2D eigenvalue weighted by molar-refractivity contribution is 6.06. The molecule has 0 amide bonds. The second-order valence-electron chi connectivity index (χ2n) is 6.53. The number of nitrogens with one attached hydrogen (secondary N) is 1. The molecule has 0 atom stereocenters. The minimum Gasteiger partial charge on any atom is -0.486 e. The maximum absolute atomic E-state index is 12.4. The molecule has 4 rings (SSSR count). The molecule has 0 saturated heterocycles. The number of hydrogen-bond donors (Lipinski definition) is 1. The molecule has 0 saturated carbocycles. The van der Waals surface area contributed by atoms with E-state index < -0.39 is 0 Å². The molecule has 0 spiro atoms. The van der Waals surface area contributed by atoms with Crippen molar-refractivity contribution < 1.29 is 14.3 Å². The van der Waals surface area contributed by atoms with Crippen molar-refractivity contribution in [1.82, 2.24) is 15.0 Å². The van der Waals surface area contributed by atoms with E-state index in [1.807, 2.05) is 32.0 Å². The molecule has 0 radical (unpaired) electrons. The number of aromatic nitrogens is 3. The number of Topliss-reactive ketones (excluding diaryl/α,β-unsaturated/α-hetero) is 1. The SMILES string of the molecule is CC(C)CC(=O)c1c[nH]c2ncc(-c3ccc4c(c3)OCCO4)nc12. The summed E-state index contributed by atoms with van der Waals surface area (Å²) in [7, 11) is 0. The smallest absolute Gasteiger partial charge is 0.166 e. The number of H-pyrrole nitrogens is 1. The van der Waals surface area contributed by atoms with Crippen molar-refractivity contribution in [3.05, 3.63) is 36.2 Å². The van der Waals surface area contributed by atoms with Gasteiger partial charge in [-0.05, 0) is 24.1 Å². The monoisotopic (exact) mass is 337 g/mol. The maximum atomic E-state index is 12.4. The maximum Gasteiger partial charge on any atom is 0.166 e. The summed E-state index contributed by atoms with van der Waals surface area (Å²) < 4.78 is 11.2. The van der Waals surface area contributed by atoms with Crippen LogP contribution in [0.3, 0.4) is 0 Å². The van der Waals surface area contributed by atoms with Gasteiger partial charge in [-0.25, -0.2) is 9.97 Å². The fraction of sp³-hybridized carbons (Fsp3) is 0.316. The normalized spacial score (nSPS) is 13.4. The van der Waals surface area contributed by atoms with Crippen LogP contribution < -0.4 is 9.47 Å². The predicted molar refractivity (Wildman–Crippen MR) is 94.1 cm³/mol. The van der Waals surface area contributed by atoms with E-state index in [1.165, 1.54) is 0 Å². The highest BCUT2D eigenvalue weighted by atomic mass is 16.6. The molecule has 1 N–H and O–H groups in total. The van der Waals surface area contributed by atoms with E-state index in [0.29, 0.717) is 53.7 Å². The number of nitrogens with zero attached hydrogens (tertiary/aromatic N) is 2. The molecule has 0 bridgehead atoms. The molecule has 6 heteroatoms. The molecular formula is C19H19N3O3. The van der Waals surface area contributed by atoms with Crippen molar-refractivity contribution in [3.63, 3.8) is 0 Å². The molecule has 0 fully saturated rings. The van der Waals surface area contributed by atoms with Gasteiger partial charge >= 0.3 is 0 Å². The van der Waals surface area contributed by atoms with Crippen LogP contribution in [0.4, 0.5) is 0 Å². The van der Waals surface area contributed by atoms with E-state index in [2.05, 4.69) is 15.0 Å². The Morgan fingerprint density at radius 2 is 2.04 bits per heavy atom. The van der Waals surface area contributed by atoms with Gasteiger partial charge in [0.15, 0.2) is 22.9 Å². The van der Waals surface area contributed by atoms with Gasteiger partial charge in [0, 0.05) is 18.2 Å². The molecule has 25 heavy (non-hydrogen) atoms. The van der Waals surface area contributed by atoms with Gasteiger partial charge in [-0.1, -0.05) is 13.8 Å². The van der Waals surface area contributed by atoms with Gasteiger partial charge in [0.25, 0.3) is 0 Å². The third kappa shape index (κ3) is 2.95. The molecule has 3 heterocycles. The zero-order valence-corrected chi connectivity index (χ0v) is 14.2. The fourth-order valence-electron chi connectivity index (χ4n) is 2.93. The van der Waals surface area contributed by atoms with Crippen molar-refractivity contribution in [2.45, 2.75) is 20.3 Å². The standard InChI is InChI=1S/C19H19N3O3/c1-11(2)7-15(23)13-9-20-19-18(13)22-14(10-21-19)12-3-4-16-17(8-12)25-6-5-24-16/h3-4,8-11H,5-7H2,1-2H3,(H,20,21). The van der Waals surface area contributed by atoms with Gasteiger partial charge in [0.2, 0.25) is 0 Å². The van der Waals surface area contributed by atoms with Crippen molar-refractivity contribution in [1.29, 1.82) is 0 Å². The van der Waals surface area contributed by atoms with Gasteiger partial charge in [-0.2, -0.15) is 0 Å². The van der Waals surface area contributed by atoms with Crippen molar-refractivity contribution in [3.8, 4) is 22.8 Å². The Hall–Kier alpha value is -2.89. The zero-order chi connectivity index (χ0) is 17.4. The van der Waals surface area contributed by atoms with E-state index in [1.54, 1.807) is 12.4 Å². The van der Waals surface area contributed by atoms with Gasteiger partial charge < -0.3 is 14.5 Å². The van der Waals surface area contributed by atoms with Crippen LogP contribution in [0.5, 0.6) is 11.5 Å². The first-order valence-corrected chi connectivity index (χ1v) is 8.39. The second-order valence-corrected chi connectivity index (χ2v) is 6.53. The largest absolute Gasteiger partial charge is 0.486 e. The summed E-state index contributed by atoms with van der Waals surface area (Å²) >= 11 is 0. The Kier molecular flexibility index (Phi) is 3.87. The summed E-state index contributed by atoms with van der Waals surface area (Å²) in [4.78, 5) is 24.6. The molecule has 0 unspecified atom stereocenters. The lowest BCUT2D eigenvalue weighted by Crippen LogP contribution is -2.15. The van der Waals surface area contributed by atoms with E-state index in [4.69, 9.17) is 9.47 Å². The lowest BCUT2D eigenvalue weighted by Gasteiger charge is -2.18. The van der Waals surface area contributed by atoms with Crippen LogP contribution in [-0.2, 0) is 0 Å². The molecule has 0 aliphatic carbocycles. The van der Waals surface area contributed by atoms with Crippen molar-refractivity contribution >= 4 is 16.9 Å². The Bertz CT molecular complexity index is 946. The van der Waals surface area contributed by atoms with Crippen LogP contribution in [0.2, 0.25) is 0 Å². The van der Waals surface area contributed by atoms with E-state index in [9.17, 15) is 4.79 Å².